The van der Waals surface area contributed by atoms with Crippen LogP contribution < -0.4 is 15.4 Å². The molecule has 1 spiro atoms. The van der Waals surface area contributed by atoms with Crippen molar-refractivity contribution in [3.8, 4) is 5.75 Å². The Morgan fingerprint density at radius 1 is 1.28 bits per heavy atom. The Labute approximate surface area is 109 Å². The minimum atomic E-state index is 0.0530. The van der Waals surface area contributed by atoms with E-state index in [1.807, 2.05) is 18.2 Å². The second kappa shape index (κ2) is 4.38. The molecule has 0 radical (unpaired) electrons. The largest absolute Gasteiger partial charge is 0.483 e. The lowest BCUT2D eigenvalue weighted by molar-refractivity contribution is 0.0288. The zero-order chi connectivity index (χ0) is 12.6. The molecule has 0 amide bonds. The van der Waals surface area contributed by atoms with Crippen molar-refractivity contribution >= 4 is 11.4 Å². The lowest BCUT2D eigenvalue weighted by Crippen LogP contribution is -2.52. The Morgan fingerprint density at radius 2 is 2.06 bits per heavy atom. The van der Waals surface area contributed by atoms with Crippen LogP contribution in [-0.2, 0) is 0 Å². The highest BCUT2D eigenvalue weighted by atomic mass is 16.5. The van der Waals surface area contributed by atoms with Gasteiger partial charge in [-0.1, -0.05) is 6.42 Å². The van der Waals surface area contributed by atoms with Crippen molar-refractivity contribution in [3.05, 3.63) is 18.2 Å². The predicted molar refractivity (Wildman–Crippen MR) is 75.2 cm³/mol. The molecular formula is C15H22N2O. The zero-order valence-electron chi connectivity index (χ0n) is 11.1. The van der Waals surface area contributed by atoms with Gasteiger partial charge in [-0.3, -0.25) is 0 Å². The van der Waals surface area contributed by atoms with E-state index in [0.29, 0.717) is 0 Å². The highest BCUT2D eigenvalue weighted by Gasteiger charge is 2.40. The van der Waals surface area contributed by atoms with E-state index in [1.165, 1.54) is 32.1 Å². The third kappa shape index (κ3) is 1.92. The van der Waals surface area contributed by atoms with E-state index in [2.05, 4.69) is 11.8 Å². The molecule has 2 N–H and O–H groups in total. The lowest BCUT2D eigenvalue weighted by Gasteiger charge is -2.46. The topological polar surface area (TPSA) is 38.5 Å². The fourth-order valence-corrected chi connectivity index (χ4v) is 3.30. The second-order valence-corrected chi connectivity index (χ2v) is 5.59. The van der Waals surface area contributed by atoms with Gasteiger partial charge < -0.3 is 15.4 Å². The summed E-state index contributed by atoms with van der Waals surface area (Å²) in [5, 5.41) is 0. The molecular weight excluding hydrogens is 224 g/mol. The summed E-state index contributed by atoms with van der Waals surface area (Å²) < 4.78 is 6.35. The van der Waals surface area contributed by atoms with Gasteiger partial charge in [0.15, 0.2) is 0 Å². The Bertz CT molecular complexity index is 438. The lowest BCUT2D eigenvalue weighted by atomic mass is 9.83. The monoisotopic (exact) mass is 246 g/mol. The molecule has 3 heteroatoms. The van der Waals surface area contributed by atoms with E-state index in [1.54, 1.807) is 0 Å². The summed E-state index contributed by atoms with van der Waals surface area (Å²) in [7, 11) is 0. The minimum absolute atomic E-state index is 0.0530. The van der Waals surface area contributed by atoms with E-state index in [0.717, 1.165) is 30.2 Å². The van der Waals surface area contributed by atoms with Crippen molar-refractivity contribution in [2.24, 2.45) is 0 Å². The molecule has 0 atom stereocenters. The standard InChI is InChI=1S/C15H22N2O/c1-2-17-11-15(8-4-3-5-9-15)18-14-7-6-12(16)10-13(14)17/h6-7,10H,2-5,8-9,11,16H2,1H3. The zero-order valence-corrected chi connectivity index (χ0v) is 11.1. The first-order valence-electron chi connectivity index (χ1n) is 7.06. The van der Waals surface area contributed by atoms with Crippen LogP contribution in [-0.4, -0.2) is 18.7 Å². The summed E-state index contributed by atoms with van der Waals surface area (Å²) in [6, 6.07) is 6.01. The van der Waals surface area contributed by atoms with Crippen molar-refractivity contribution in [1.82, 2.24) is 0 Å². The molecule has 1 aromatic carbocycles. The van der Waals surface area contributed by atoms with Crippen LogP contribution in [0.5, 0.6) is 5.75 Å². The fraction of sp³-hybridized carbons (Fsp3) is 0.600. The molecule has 1 saturated carbocycles. The highest BCUT2D eigenvalue weighted by molar-refractivity contribution is 5.66. The molecule has 0 aromatic heterocycles. The average Bonchev–Trinajstić information content (AvgIpc) is 2.39. The van der Waals surface area contributed by atoms with E-state index in [-0.39, 0.29) is 5.60 Å². The first kappa shape index (κ1) is 11.7. The Kier molecular flexibility index (Phi) is 2.84. The van der Waals surface area contributed by atoms with Crippen LogP contribution in [0.2, 0.25) is 0 Å². The molecule has 3 nitrogen and oxygen atoms in total. The number of ether oxygens (including phenoxy) is 1. The smallest absolute Gasteiger partial charge is 0.143 e. The Morgan fingerprint density at radius 3 is 2.78 bits per heavy atom. The molecule has 3 rings (SSSR count). The molecule has 1 aromatic rings. The number of likely N-dealkylation sites (N-methyl/N-ethyl adjacent to an activating group) is 1. The molecule has 2 aliphatic rings. The Balaban J connectivity index is 1.96. The molecule has 0 saturated heterocycles. The van der Waals surface area contributed by atoms with E-state index in [4.69, 9.17) is 10.5 Å². The predicted octanol–water partition coefficient (Wildman–Crippen LogP) is 3.19. The molecule has 0 unspecified atom stereocenters. The molecule has 1 heterocycles. The molecule has 98 valence electrons. The van der Waals surface area contributed by atoms with Crippen LogP contribution in [0.25, 0.3) is 0 Å². The van der Waals surface area contributed by atoms with E-state index in [9.17, 15) is 0 Å². The quantitative estimate of drug-likeness (QED) is 0.773. The van der Waals surface area contributed by atoms with Crippen LogP contribution >= 0.6 is 0 Å². The van der Waals surface area contributed by atoms with Gasteiger partial charge in [0.05, 0.1) is 12.2 Å². The van der Waals surface area contributed by atoms with Crippen molar-refractivity contribution in [2.45, 2.75) is 44.6 Å². The summed E-state index contributed by atoms with van der Waals surface area (Å²) in [4.78, 5) is 2.42. The number of hydrogen-bond acceptors (Lipinski definition) is 3. The SMILES string of the molecule is CCN1CC2(CCCCC2)Oc2ccc(N)cc21. The van der Waals surface area contributed by atoms with Gasteiger partial charge in [-0.25, -0.2) is 0 Å². The van der Waals surface area contributed by atoms with Crippen LogP contribution in [0.1, 0.15) is 39.0 Å². The highest BCUT2D eigenvalue weighted by Crippen LogP contribution is 2.43. The summed E-state index contributed by atoms with van der Waals surface area (Å²) >= 11 is 0. The number of hydrogen-bond donors (Lipinski definition) is 1. The first-order chi connectivity index (χ1) is 8.72. The van der Waals surface area contributed by atoms with E-state index < -0.39 is 0 Å². The summed E-state index contributed by atoms with van der Waals surface area (Å²) in [6.45, 7) is 4.23. The summed E-state index contributed by atoms with van der Waals surface area (Å²) in [5.41, 5.74) is 7.92. The normalized spacial score (nSPS) is 21.5. The third-order valence-corrected chi connectivity index (χ3v) is 4.28. The maximum atomic E-state index is 6.35. The number of anilines is 2. The van der Waals surface area contributed by atoms with Crippen molar-refractivity contribution in [3.63, 3.8) is 0 Å². The third-order valence-electron chi connectivity index (χ3n) is 4.28. The maximum absolute atomic E-state index is 6.35. The number of rotatable bonds is 1. The number of benzene rings is 1. The summed E-state index contributed by atoms with van der Waals surface area (Å²) in [5.74, 6) is 1.01. The molecule has 18 heavy (non-hydrogen) atoms. The number of nitrogens with two attached hydrogens (primary N) is 1. The number of nitrogens with zero attached hydrogens (tertiary/aromatic N) is 1. The van der Waals surface area contributed by atoms with Gasteiger partial charge in [0.2, 0.25) is 0 Å². The van der Waals surface area contributed by atoms with Gasteiger partial charge in [0.25, 0.3) is 0 Å². The van der Waals surface area contributed by atoms with Crippen LogP contribution in [0.3, 0.4) is 0 Å². The van der Waals surface area contributed by atoms with Gasteiger partial charge in [-0.15, -0.1) is 0 Å². The minimum Gasteiger partial charge on any atom is -0.483 e. The molecule has 1 fully saturated rings. The maximum Gasteiger partial charge on any atom is 0.143 e. The summed E-state index contributed by atoms with van der Waals surface area (Å²) in [6.07, 6.45) is 6.32. The Hall–Kier alpha value is -1.38. The van der Waals surface area contributed by atoms with E-state index >= 15 is 0 Å². The van der Waals surface area contributed by atoms with Gasteiger partial charge in [0, 0.05) is 12.2 Å². The fourth-order valence-electron chi connectivity index (χ4n) is 3.30. The van der Waals surface area contributed by atoms with Crippen molar-refractivity contribution in [1.29, 1.82) is 0 Å². The molecule has 0 bridgehead atoms. The van der Waals surface area contributed by atoms with Crippen LogP contribution in [0, 0.1) is 0 Å². The second-order valence-electron chi connectivity index (χ2n) is 5.59. The van der Waals surface area contributed by atoms with Gasteiger partial charge >= 0.3 is 0 Å². The van der Waals surface area contributed by atoms with Gasteiger partial charge in [0.1, 0.15) is 11.4 Å². The average molecular weight is 246 g/mol. The number of nitrogen functional groups attached to an aromatic ring is 1. The van der Waals surface area contributed by atoms with Crippen molar-refractivity contribution in [2.75, 3.05) is 23.7 Å². The van der Waals surface area contributed by atoms with Crippen molar-refractivity contribution < 1.29 is 4.74 Å². The van der Waals surface area contributed by atoms with Crippen LogP contribution in [0.15, 0.2) is 18.2 Å². The van der Waals surface area contributed by atoms with Gasteiger partial charge in [-0.05, 0) is 50.8 Å². The molecule has 1 aliphatic heterocycles. The first-order valence-corrected chi connectivity index (χ1v) is 7.06. The van der Waals surface area contributed by atoms with Crippen LogP contribution in [0.4, 0.5) is 11.4 Å². The number of fused-ring (bicyclic) bond motifs is 1. The van der Waals surface area contributed by atoms with Gasteiger partial charge in [-0.2, -0.15) is 0 Å². The molecule has 1 aliphatic carbocycles.